The van der Waals surface area contributed by atoms with Crippen molar-refractivity contribution in [1.82, 2.24) is 16.1 Å². The number of halogens is 2. The smallest absolute Gasteiger partial charge is 0.338 e. The van der Waals surface area contributed by atoms with Gasteiger partial charge in [-0.05, 0) is 55.8 Å². The fourth-order valence-corrected chi connectivity index (χ4v) is 4.40. The van der Waals surface area contributed by atoms with Crippen molar-refractivity contribution in [1.29, 1.82) is 0 Å². The van der Waals surface area contributed by atoms with Crippen LogP contribution in [0.25, 0.3) is 11.3 Å². The number of hydrogen-bond acceptors (Lipinski definition) is 8. The molecule has 0 radical (unpaired) electrons. The lowest BCUT2D eigenvalue weighted by Crippen LogP contribution is -2.45. The average molecular weight is 601 g/mol. The summed E-state index contributed by atoms with van der Waals surface area (Å²) in [7, 11) is 1.43. The fraction of sp³-hybridized carbons (Fsp3) is 0.214. The number of methoxy groups -OCH3 is 1. The first-order valence-corrected chi connectivity index (χ1v) is 13.1. The van der Waals surface area contributed by atoms with Crippen molar-refractivity contribution in [2.45, 2.75) is 19.9 Å². The molecule has 0 fully saturated rings. The summed E-state index contributed by atoms with van der Waals surface area (Å²) in [6.45, 7) is 3.12. The van der Waals surface area contributed by atoms with E-state index in [4.69, 9.17) is 41.8 Å². The van der Waals surface area contributed by atoms with Gasteiger partial charge in [0.05, 0.1) is 41.6 Å². The number of benzene rings is 2. The molecule has 0 saturated carbocycles. The summed E-state index contributed by atoms with van der Waals surface area (Å²) < 4.78 is 21.9. The highest BCUT2D eigenvalue weighted by Gasteiger charge is 2.32. The number of hydrogen-bond donors (Lipinski definition) is 3. The van der Waals surface area contributed by atoms with E-state index in [1.165, 1.54) is 13.3 Å². The third-order valence-corrected chi connectivity index (χ3v) is 6.69. The SMILES string of the molecule is CCOC(=O)C1=C(C)NC(=O)N[C@@H]1c1ccc(OCC(=O)N/N=C\c2ccc(-c3cccc(Cl)c3Cl)o2)c(OC)c1. The maximum Gasteiger partial charge on any atom is 0.338 e. The van der Waals surface area contributed by atoms with Gasteiger partial charge in [0.15, 0.2) is 18.1 Å². The zero-order valence-electron chi connectivity index (χ0n) is 22.2. The first-order chi connectivity index (χ1) is 19.7. The van der Waals surface area contributed by atoms with E-state index in [0.29, 0.717) is 38.4 Å². The Morgan fingerprint density at radius 2 is 1.95 bits per heavy atom. The van der Waals surface area contributed by atoms with Crippen molar-refractivity contribution in [3.8, 4) is 22.8 Å². The monoisotopic (exact) mass is 600 g/mol. The number of furan rings is 1. The number of nitrogens with zero attached hydrogens (tertiary/aromatic N) is 1. The highest BCUT2D eigenvalue weighted by molar-refractivity contribution is 6.43. The van der Waals surface area contributed by atoms with Crippen molar-refractivity contribution in [2.24, 2.45) is 5.10 Å². The summed E-state index contributed by atoms with van der Waals surface area (Å²) in [6.07, 6.45) is 1.33. The van der Waals surface area contributed by atoms with Crippen LogP contribution in [0.1, 0.15) is 31.2 Å². The van der Waals surface area contributed by atoms with E-state index >= 15 is 0 Å². The van der Waals surface area contributed by atoms with Gasteiger partial charge in [0.1, 0.15) is 11.5 Å². The molecule has 2 aromatic carbocycles. The molecule has 4 rings (SSSR count). The molecule has 2 heterocycles. The van der Waals surface area contributed by atoms with E-state index in [2.05, 4.69) is 21.2 Å². The molecule has 41 heavy (non-hydrogen) atoms. The number of hydrazone groups is 1. The van der Waals surface area contributed by atoms with Crippen molar-refractivity contribution in [3.63, 3.8) is 0 Å². The number of carbonyl (C=O) groups excluding carboxylic acids is 3. The van der Waals surface area contributed by atoms with Crippen molar-refractivity contribution >= 4 is 47.3 Å². The Morgan fingerprint density at radius 3 is 2.71 bits per heavy atom. The molecule has 1 aliphatic rings. The molecular formula is C28H26Cl2N4O7. The molecule has 0 spiro atoms. The van der Waals surface area contributed by atoms with Crippen LogP contribution in [0.3, 0.4) is 0 Å². The lowest BCUT2D eigenvalue weighted by Gasteiger charge is -2.28. The predicted octanol–water partition coefficient (Wildman–Crippen LogP) is 4.98. The van der Waals surface area contributed by atoms with Crippen LogP contribution < -0.4 is 25.5 Å². The summed E-state index contributed by atoms with van der Waals surface area (Å²) >= 11 is 12.3. The summed E-state index contributed by atoms with van der Waals surface area (Å²) in [5.74, 6) is 0.335. The van der Waals surface area contributed by atoms with Gasteiger partial charge in [0, 0.05) is 11.3 Å². The number of amides is 3. The maximum absolute atomic E-state index is 12.6. The molecule has 0 bridgehead atoms. The normalized spacial score (nSPS) is 14.9. The van der Waals surface area contributed by atoms with E-state index in [0.717, 1.165) is 0 Å². The zero-order valence-corrected chi connectivity index (χ0v) is 23.8. The first kappa shape index (κ1) is 29.5. The van der Waals surface area contributed by atoms with E-state index < -0.39 is 23.9 Å². The Bertz CT molecular complexity index is 1530. The molecule has 3 N–H and O–H groups in total. The third-order valence-electron chi connectivity index (χ3n) is 5.87. The molecule has 3 amide bonds. The van der Waals surface area contributed by atoms with E-state index in [1.54, 1.807) is 62.4 Å². The van der Waals surface area contributed by atoms with Crippen LogP contribution in [0.15, 0.2) is 69.3 Å². The topological polar surface area (TPSA) is 140 Å². The summed E-state index contributed by atoms with van der Waals surface area (Å²) in [5, 5.41) is 9.96. The number of allylic oxidation sites excluding steroid dienone is 1. The van der Waals surface area contributed by atoms with Crippen LogP contribution in [-0.4, -0.2) is 44.4 Å². The standard InChI is InChI=1S/C28H26Cl2N4O7/c1-4-39-27(36)24-15(2)32-28(37)33-26(24)16-8-10-21(22(12-16)38-3)40-14-23(35)34-31-13-17-9-11-20(41-17)18-6-5-7-19(29)25(18)30/h5-13,26H,4,14H2,1-3H3,(H,34,35)(H2,32,33,37)/b31-13-/t26-/m1/s1. The number of esters is 1. The maximum atomic E-state index is 12.6. The second-order valence-electron chi connectivity index (χ2n) is 8.59. The van der Waals surface area contributed by atoms with Crippen LogP contribution in [0.5, 0.6) is 11.5 Å². The van der Waals surface area contributed by atoms with Gasteiger partial charge >= 0.3 is 12.0 Å². The molecule has 0 saturated heterocycles. The first-order valence-electron chi connectivity index (χ1n) is 12.3. The van der Waals surface area contributed by atoms with Gasteiger partial charge in [-0.2, -0.15) is 5.10 Å². The fourth-order valence-electron chi connectivity index (χ4n) is 4.01. The van der Waals surface area contributed by atoms with Crippen LogP contribution in [0.4, 0.5) is 4.79 Å². The van der Waals surface area contributed by atoms with Crippen molar-refractivity contribution in [3.05, 3.63) is 81.2 Å². The molecule has 1 aliphatic heterocycles. The molecular weight excluding hydrogens is 575 g/mol. The molecule has 11 nitrogen and oxygen atoms in total. The Hall–Kier alpha value is -4.48. The minimum Gasteiger partial charge on any atom is -0.493 e. The van der Waals surface area contributed by atoms with Gasteiger partial charge in [-0.1, -0.05) is 35.3 Å². The summed E-state index contributed by atoms with van der Waals surface area (Å²) in [5.41, 5.74) is 4.18. The summed E-state index contributed by atoms with van der Waals surface area (Å²) in [6, 6.07) is 12.2. The molecule has 3 aromatic rings. The number of urea groups is 1. The number of carbonyl (C=O) groups is 3. The minimum atomic E-state index is -0.777. The molecule has 1 aromatic heterocycles. The molecule has 214 valence electrons. The van der Waals surface area contributed by atoms with Crippen LogP contribution in [-0.2, 0) is 14.3 Å². The number of ether oxygens (including phenoxy) is 3. The summed E-state index contributed by atoms with van der Waals surface area (Å²) in [4.78, 5) is 37.0. The Labute approximate surface area is 245 Å². The predicted molar refractivity (Wildman–Crippen MR) is 152 cm³/mol. The molecule has 0 aliphatic carbocycles. The van der Waals surface area contributed by atoms with E-state index in [9.17, 15) is 14.4 Å². The lowest BCUT2D eigenvalue weighted by atomic mass is 9.95. The van der Waals surface area contributed by atoms with Crippen LogP contribution >= 0.6 is 23.2 Å². The number of nitrogens with one attached hydrogen (secondary N) is 3. The third kappa shape index (κ3) is 7.00. The average Bonchev–Trinajstić information content (AvgIpc) is 3.41. The van der Waals surface area contributed by atoms with E-state index in [-0.39, 0.29) is 30.3 Å². The minimum absolute atomic E-state index is 0.179. The van der Waals surface area contributed by atoms with Crippen molar-refractivity contribution < 1.29 is 33.0 Å². The van der Waals surface area contributed by atoms with Gasteiger partial charge < -0.3 is 29.3 Å². The molecule has 1 atom stereocenters. The number of rotatable bonds is 10. The lowest BCUT2D eigenvalue weighted by molar-refractivity contribution is -0.139. The van der Waals surface area contributed by atoms with Gasteiger partial charge in [-0.3, -0.25) is 4.79 Å². The van der Waals surface area contributed by atoms with Gasteiger partial charge in [-0.15, -0.1) is 0 Å². The van der Waals surface area contributed by atoms with Gasteiger partial charge in [0.25, 0.3) is 5.91 Å². The Kier molecular flexibility index (Phi) is 9.53. The second-order valence-corrected chi connectivity index (χ2v) is 9.37. The quantitative estimate of drug-likeness (QED) is 0.169. The molecule has 13 heteroatoms. The largest absolute Gasteiger partial charge is 0.493 e. The highest BCUT2D eigenvalue weighted by atomic mass is 35.5. The van der Waals surface area contributed by atoms with Gasteiger partial charge in [-0.25, -0.2) is 15.0 Å². The highest BCUT2D eigenvalue weighted by Crippen LogP contribution is 2.35. The molecule has 0 unspecified atom stereocenters. The zero-order chi connectivity index (χ0) is 29.5. The van der Waals surface area contributed by atoms with Crippen LogP contribution in [0.2, 0.25) is 10.0 Å². The van der Waals surface area contributed by atoms with E-state index in [1.807, 2.05) is 0 Å². The van der Waals surface area contributed by atoms with Crippen molar-refractivity contribution in [2.75, 3.05) is 20.3 Å². The van der Waals surface area contributed by atoms with Crippen LogP contribution in [0, 0.1) is 0 Å². The Morgan fingerprint density at radius 1 is 1.15 bits per heavy atom. The Balaban J connectivity index is 1.38. The second kappa shape index (κ2) is 13.2. The van der Waals surface area contributed by atoms with Gasteiger partial charge in [0.2, 0.25) is 0 Å².